The van der Waals surface area contributed by atoms with E-state index in [2.05, 4.69) is 54.0 Å². The van der Waals surface area contributed by atoms with Gasteiger partial charge in [0.15, 0.2) is 0 Å². The number of aromatic nitrogens is 1. The molecule has 3 aromatic carbocycles. The summed E-state index contributed by atoms with van der Waals surface area (Å²) in [5, 5.41) is 20.0. The van der Waals surface area contributed by atoms with E-state index in [9.17, 15) is 10.1 Å². The van der Waals surface area contributed by atoms with Gasteiger partial charge in [-0.25, -0.2) is 0 Å². The van der Waals surface area contributed by atoms with Crippen LogP contribution in [0.4, 0.5) is 0 Å². The van der Waals surface area contributed by atoms with Crippen LogP contribution in [0.2, 0.25) is 0 Å². The third kappa shape index (κ3) is 4.49. The topological polar surface area (TPSA) is 89.3 Å². The van der Waals surface area contributed by atoms with Crippen molar-refractivity contribution in [3.05, 3.63) is 84.4 Å². The Morgan fingerprint density at radius 3 is 2.67 bits per heavy atom. The molecule has 36 heavy (non-hydrogen) atoms. The Hall–Kier alpha value is -4.34. The maximum Gasteiger partial charge on any atom is 0.248 e. The van der Waals surface area contributed by atoms with Crippen LogP contribution in [0.1, 0.15) is 24.5 Å². The fraction of sp³-hybridized carbons (Fsp3) is 0.200. The molecule has 1 atom stereocenters. The Morgan fingerprint density at radius 2 is 1.94 bits per heavy atom. The molecule has 6 nitrogen and oxygen atoms in total. The van der Waals surface area contributed by atoms with Crippen molar-refractivity contribution in [3.63, 3.8) is 0 Å². The van der Waals surface area contributed by atoms with E-state index >= 15 is 0 Å². The fourth-order valence-corrected chi connectivity index (χ4v) is 4.71. The second kappa shape index (κ2) is 9.73. The number of H-pyrrole nitrogens is 1. The van der Waals surface area contributed by atoms with Crippen molar-refractivity contribution >= 4 is 22.4 Å². The van der Waals surface area contributed by atoms with Gasteiger partial charge in [0, 0.05) is 29.6 Å². The molecule has 1 aliphatic heterocycles. The third-order valence-corrected chi connectivity index (χ3v) is 6.69. The number of benzene rings is 3. The Kier molecular flexibility index (Phi) is 6.32. The summed E-state index contributed by atoms with van der Waals surface area (Å²) < 4.78 is 6.08. The van der Waals surface area contributed by atoms with Gasteiger partial charge in [-0.1, -0.05) is 54.6 Å². The molecule has 0 aliphatic carbocycles. The standard InChI is InChI=1S/C30H27N3O3/c1-19(2)20-6-8-21(9-7-20)28-15-26-25(4-3-5-27(26)32-28)22-10-11-29(23(14-22)16-31)36-24-12-13-33(17-24)30(35)18-34/h3-11,14-15,24,32,34H,1,12-13,17-18H2,2H3/t24-/m1/s1. The maximum atomic E-state index is 11.7. The van der Waals surface area contributed by atoms with E-state index in [0.29, 0.717) is 30.8 Å². The van der Waals surface area contributed by atoms with Gasteiger partial charge in [0.1, 0.15) is 24.5 Å². The Morgan fingerprint density at radius 1 is 1.17 bits per heavy atom. The number of allylic oxidation sites excluding steroid dienone is 1. The van der Waals surface area contributed by atoms with Crippen molar-refractivity contribution in [2.45, 2.75) is 19.4 Å². The molecule has 0 spiro atoms. The van der Waals surface area contributed by atoms with Gasteiger partial charge in [0.2, 0.25) is 5.91 Å². The molecule has 1 amide bonds. The van der Waals surface area contributed by atoms with Gasteiger partial charge in [-0.05, 0) is 53.4 Å². The summed E-state index contributed by atoms with van der Waals surface area (Å²) in [5.41, 5.74) is 7.68. The predicted molar refractivity (Wildman–Crippen MR) is 141 cm³/mol. The SMILES string of the molecule is C=C(C)c1ccc(-c2cc3c(-c4ccc(O[C@@H]5CCN(C(=O)CO)C5)c(C#N)c4)cccc3[nH]2)cc1. The van der Waals surface area contributed by atoms with E-state index in [1.807, 2.05) is 37.3 Å². The number of carbonyl (C=O) groups excluding carboxylic acids is 1. The van der Waals surface area contributed by atoms with Crippen LogP contribution in [0.3, 0.4) is 0 Å². The summed E-state index contributed by atoms with van der Waals surface area (Å²) in [4.78, 5) is 16.8. The number of hydrogen-bond donors (Lipinski definition) is 2. The van der Waals surface area contributed by atoms with Crippen LogP contribution in [0.15, 0.2) is 73.3 Å². The average Bonchev–Trinajstić information content (AvgIpc) is 3.56. The number of rotatable bonds is 6. The first-order valence-corrected chi connectivity index (χ1v) is 11.9. The molecule has 0 radical (unpaired) electrons. The van der Waals surface area contributed by atoms with Crippen molar-refractivity contribution in [3.8, 4) is 34.2 Å². The Bertz CT molecular complexity index is 1490. The number of amides is 1. The molecule has 5 rings (SSSR count). The van der Waals surface area contributed by atoms with Crippen LogP contribution in [0.25, 0.3) is 38.9 Å². The summed E-state index contributed by atoms with van der Waals surface area (Å²) in [5.74, 6) is 0.201. The number of nitriles is 1. The molecule has 4 aromatic rings. The van der Waals surface area contributed by atoms with E-state index in [1.54, 1.807) is 4.90 Å². The zero-order valence-electron chi connectivity index (χ0n) is 20.1. The van der Waals surface area contributed by atoms with E-state index in [1.165, 1.54) is 0 Å². The molecule has 0 saturated carbocycles. The second-order valence-corrected chi connectivity index (χ2v) is 9.16. The van der Waals surface area contributed by atoms with Gasteiger partial charge >= 0.3 is 0 Å². The Labute approximate surface area is 210 Å². The van der Waals surface area contributed by atoms with E-state index in [4.69, 9.17) is 9.84 Å². The van der Waals surface area contributed by atoms with E-state index < -0.39 is 6.61 Å². The van der Waals surface area contributed by atoms with Gasteiger partial charge in [0.25, 0.3) is 0 Å². The quantitative estimate of drug-likeness (QED) is 0.390. The summed E-state index contributed by atoms with van der Waals surface area (Å²) in [6.45, 7) is 6.45. The molecule has 6 heteroatoms. The average molecular weight is 478 g/mol. The molecule has 2 N–H and O–H groups in total. The predicted octanol–water partition coefficient (Wildman–Crippen LogP) is 5.38. The zero-order valence-corrected chi connectivity index (χ0v) is 20.1. The third-order valence-electron chi connectivity index (χ3n) is 6.69. The summed E-state index contributed by atoms with van der Waals surface area (Å²) in [7, 11) is 0. The highest BCUT2D eigenvalue weighted by atomic mass is 16.5. The van der Waals surface area contributed by atoms with Crippen LogP contribution in [0.5, 0.6) is 5.75 Å². The lowest BCUT2D eigenvalue weighted by Crippen LogP contribution is -2.32. The van der Waals surface area contributed by atoms with Gasteiger partial charge in [0.05, 0.1) is 12.1 Å². The maximum absolute atomic E-state index is 11.7. The molecule has 1 aromatic heterocycles. The zero-order chi connectivity index (χ0) is 25.2. The normalized spacial score (nSPS) is 15.1. The number of nitrogens with zero attached hydrogens (tertiary/aromatic N) is 2. The number of aliphatic hydroxyl groups excluding tert-OH is 1. The Balaban J connectivity index is 1.43. The van der Waals surface area contributed by atoms with Crippen LogP contribution in [0, 0.1) is 11.3 Å². The summed E-state index contributed by atoms with van der Waals surface area (Å²) in [6, 6.07) is 24.5. The molecular formula is C30H27N3O3. The lowest BCUT2D eigenvalue weighted by molar-refractivity contribution is -0.133. The number of likely N-dealkylation sites (tertiary alicyclic amines) is 1. The highest BCUT2D eigenvalue weighted by Gasteiger charge is 2.27. The van der Waals surface area contributed by atoms with Gasteiger partial charge in [-0.2, -0.15) is 5.26 Å². The number of ether oxygens (including phenoxy) is 1. The molecular weight excluding hydrogens is 450 g/mol. The van der Waals surface area contributed by atoms with Crippen LogP contribution in [-0.4, -0.2) is 46.7 Å². The lowest BCUT2D eigenvalue weighted by atomic mass is 9.99. The monoisotopic (exact) mass is 477 g/mol. The minimum atomic E-state index is -0.503. The first kappa shape index (κ1) is 23.4. The van der Waals surface area contributed by atoms with Gasteiger partial charge in [-0.15, -0.1) is 0 Å². The first-order valence-electron chi connectivity index (χ1n) is 11.9. The number of carbonyl (C=O) groups is 1. The molecule has 1 aliphatic rings. The minimum Gasteiger partial charge on any atom is -0.487 e. The largest absolute Gasteiger partial charge is 0.487 e. The molecule has 1 fully saturated rings. The van der Waals surface area contributed by atoms with Gasteiger partial charge < -0.3 is 19.7 Å². The smallest absolute Gasteiger partial charge is 0.248 e. The highest BCUT2D eigenvalue weighted by Crippen LogP contribution is 2.35. The number of aromatic amines is 1. The van der Waals surface area contributed by atoms with E-state index in [-0.39, 0.29) is 12.0 Å². The van der Waals surface area contributed by atoms with E-state index in [0.717, 1.165) is 44.4 Å². The van der Waals surface area contributed by atoms with Crippen molar-refractivity contribution in [2.24, 2.45) is 0 Å². The van der Waals surface area contributed by atoms with Crippen LogP contribution >= 0.6 is 0 Å². The van der Waals surface area contributed by atoms with Crippen LogP contribution in [-0.2, 0) is 4.79 Å². The first-order chi connectivity index (χ1) is 17.5. The second-order valence-electron chi connectivity index (χ2n) is 9.16. The number of hydrogen-bond acceptors (Lipinski definition) is 4. The van der Waals surface area contributed by atoms with Crippen LogP contribution < -0.4 is 4.74 Å². The number of nitrogens with one attached hydrogen (secondary N) is 1. The molecule has 0 unspecified atom stereocenters. The van der Waals surface area contributed by atoms with Crippen molar-refractivity contribution in [2.75, 3.05) is 19.7 Å². The number of fused-ring (bicyclic) bond motifs is 1. The molecule has 0 bridgehead atoms. The number of aliphatic hydroxyl groups is 1. The fourth-order valence-electron chi connectivity index (χ4n) is 4.71. The highest BCUT2D eigenvalue weighted by molar-refractivity contribution is 5.98. The summed E-state index contributed by atoms with van der Waals surface area (Å²) in [6.07, 6.45) is 0.460. The lowest BCUT2D eigenvalue weighted by Gasteiger charge is -2.17. The van der Waals surface area contributed by atoms with Crippen molar-refractivity contribution in [1.29, 1.82) is 5.26 Å². The van der Waals surface area contributed by atoms with Crippen molar-refractivity contribution in [1.82, 2.24) is 9.88 Å². The molecule has 180 valence electrons. The van der Waals surface area contributed by atoms with Gasteiger partial charge in [-0.3, -0.25) is 4.79 Å². The van der Waals surface area contributed by atoms with Crippen molar-refractivity contribution < 1.29 is 14.6 Å². The molecule has 1 saturated heterocycles. The molecule has 2 heterocycles. The summed E-state index contributed by atoms with van der Waals surface area (Å²) >= 11 is 0. The minimum absolute atomic E-state index is 0.203.